The van der Waals surface area contributed by atoms with Gasteiger partial charge in [0.05, 0.1) is 5.69 Å². The van der Waals surface area contributed by atoms with Crippen LogP contribution in [0.5, 0.6) is 5.88 Å². The van der Waals surface area contributed by atoms with Crippen LogP contribution in [0.3, 0.4) is 0 Å². The molecule has 0 bridgehead atoms. The normalized spacial score (nSPS) is 9.00. The largest absolute Gasteiger partial charge is 0.494 e. The highest BCUT2D eigenvalue weighted by molar-refractivity contribution is 5.53. The van der Waals surface area contributed by atoms with Gasteiger partial charge >= 0.3 is 0 Å². The van der Waals surface area contributed by atoms with Gasteiger partial charge in [-0.05, 0) is 0 Å². The van der Waals surface area contributed by atoms with E-state index in [1.54, 1.807) is 6.07 Å². The van der Waals surface area contributed by atoms with Gasteiger partial charge < -0.3 is 10.8 Å². The van der Waals surface area contributed by atoms with Crippen molar-refractivity contribution in [1.29, 1.82) is 5.26 Å². The van der Waals surface area contributed by atoms with Crippen LogP contribution in [0.15, 0.2) is 10.9 Å². The predicted molar refractivity (Wildman–Crippen MR) is 37.9 cm³/mol. The van der Waals surface area contributed by atoms with Crippen LogP contribution in [0.25, 0.3) is 0 Å². The van der Waals surface area contributed by atoms with Crippen molar-refractivity contribution in [3.05, 3.63) is 22.0 Å². The van der Waals surface area contributed by atoms with Gasteiger partial charge in [-0.2, -0.15) is 5.26 Å². The van der Waals surface area contributed by atoms with Crippen molar-refractivity contribution >= 4 is 5.69 Å². The van der Waals surface area contributed by atoms with E-state index in [1.165, 1.54) is 0 Å². The van der Waals surface area contributed by atoms with Crippen LogP contribution in [0.1, 0.15) is 5.56 Å². The lowest BCUT2D eigenvalue weighted by Crippen LogP contribution is -2.11. The molecule has 0 aliphatic carbocycles. The molecular formula is C6H5N3O2. The Morgan fingerprint density at radius 1 is 1.73 bits per heavy atom. The molecule has 1 aromatic rings. The number of anilines is 1. The highest BCUT2D eigenvalue weighted by Crippen LogP contribution is 2.09. The number of pyridine rings is 1. The quantitative estimate of drug-likeness (QED) is 0.466. The fourth-order valence-electron chi connectivity index (χ4n) is 0.681. The monoisotopic (exact) mass is 151 g/mol. The SMILES string of the molecule is N#Cc1c(N)cc(O)[nH]c1=O. The molecule has 0 spiro atoms. The zero-order valence-electron chi connectivity index (χ0n) is 5.46. The van der Waals surface area contributed by atoms with Gasteiger partial charge in [0, 0.05) is 6.07 Å². The van der Waals surface area contributed by atoms with Crippen LogP contribution in [-0.2, 0) is 0 Å². The summed E-state index contributed by atoms with van der Waals surface area (Å²) in [6, 6.07) is 2.72. The average Bonchev–Trinajstić information content (AvgIpc) is 1.85. The van der Waals surface area contributed by atoms with Crippen LogP contribution < -0.4 is 11.3 Å². The number of rotatable bonds is 0. The molecule has 0 aromatic carbocycles. The van der Waals surface area contributed by atoms with Gasteiger partial charge in [0.25, 0.3) is 5.56 Å². The summed E-state index contributed by atoms with van der Waals surface area (Å²) >= 11 is 0. The fraction of sp³-hybridized carbons (Fsp3) is 0. The maximum atomic E-state index is 10.8. The summed E-state index contributed by atoms with van der Waals surface area (Å²) in [5.74, 6) is -0.341. The second-order valence-corrected chi connectivity index (χ2v) is 1.93. The van der Waals surface area contributed by atoms with Gasteiger partial charge in [0.1, 0.15) is 11.6 Å². The summed E-state index contributed by atoms with van der Waals surface area (Å²) in [6.07, 6.45) is 0. The first-order chi connectivity index (χ1) is 5.15. The summed E-state index contributed by atoms with van der Waals surface area (Å²) in [6.45, 7) is 0. The van der Waals surface area contributed by atoms with E-state index < -0.39 is 5.56 Å². The molecule has 0 saturated heterocycles. The molecule has 0 aliphatic rings. The first-order valence-corrected chi connectivity index (χ1v) is 2.77. The molecule has 56 valence electrons. The van der Waals surface area contributed by atoms with E-state index in [4.69, 9.17) is 16.1 Å². The van der Waals surface area contributed by atoms with Crippen LogP contribution >= 0.6 is 0 Å². The average molecular weight is 151 g/mol. The van der Waals surface area contributed by atoms with Crippen LogP contribution in [0, 0.1) is 11.3 Å². The topological polar surface area (TPSA) is 103 Å². The van der Waals surface area contributed by atoms with E-state index in [0.29, 0.717) is 0 Å². The molecule has 1 rings (SSSR count). The molecule has 0 radical (unpaired) electrons. The summed E-state index contributed by atoms with van der Waals surface area (Å²) in [5, 5.41) is 17.1. The summed E-state index contributed by atoms with van der Waals surface area (Å²) in [7, 11) is 0. The van der Waals surface area contributed by atoms with Gasteiger partial charge in [0.15, 0.2) is 5.88 Å². The van der Waals surface area contributed by atoms with E-state index in [0.717, 1.165) is 6.07 Å². The van der Waals surface area contributed by atoms with E-state index >= 15 is 0 Å². The lowest BCUT2D eigenvalue weighted by Gasteiger charge is -1.95. The standard InChI is InChI=1S/C6H5N3O2/c7-2-3-4(8)1-5(10)9-6(3)11/h1H,(H4,8,9,10,11). The molecule has 0 unspecified atom stereocenters. The number of aromatic hydroxyl groups is 1. The number of hydrogen-bond acceptors (Lipinski definition) is 4. The maximum absolute atomic E-state index is 10.8. The van der Waals surface area contributed by atoms with Gasteiger partial charge in [-0.15, -0.1) is 0 Å². The lowest BCUT2D eigenvalue weighted by atomic mass is 10.2. The molecule has 0 amide bonds. The van der Waals surface area contributed by atoms with Gasteiger partial charge in [-0.1, -0.05) is 0 Å². The highest BCUT2D eigenvalue weighted by atomic mass is 16.3. The van der Waals surface area contributed by atoms with E-state index in [9.17, 15) is 4.79 Å². The third-order valence-corrected chi connectivity index (χ3v) is 1.16. The Labute approximate surface area is 61.7 Å². The number of nitrogens with two attached hydrogens (primary N) is 1. The van der Waals surface area contributed by atoms with Crippen molar-refractivity contribution in [2.75, 3.05) is 5.73 Å². The zero-order valence-corrected chi connectivity index (χ0v) is 5.46. The van der Waals surface area contributed by atoms with Crippen molar-refractivity contribution in [2.24, 2.45) is 0 Å². The first-order valence-electron chi connectivity index (χ1n) is 2.77. The predicted octanol–water partition coefficient (Wildman–Crippen LogP) is -0.466. The van der Waals surface area contributed by atoms with Crippen molar-refractivity contribution in [2.45, 2.75) is 0 Å². The van der Waals surface area contributed by atoms with E-state index in [1.807, 2.05) is 4.98 Å². The number of nitriles is 1. The van der Waals surface area contributed by atoms with Gasteiger partial charge in [-0.3, -0.25) is 9.78 Å². The van der Waals surface area contributed by atoms with Crippen LogP contribution in [0.4, 0.5) is 5.69 Å². The van der Waals surface area contributed by atoms with Crippen molar-refractivity contribution in [3.63, 3.8) is 0 Å². The lowest BCUT2D eigenvalue weighted by molar-refractivity contribution is 0.452. The molecule has 5 nitrogen and oxygen atoms in total. The Hall–Kier alpha value is -1.96. The summed E-state index contributed by atoms with van der Waals surface area (Å²) in [5.41, 5.74) is 4.36. The summed E-state index contributed by atoms with van der Waals surface area (Å²) < 4.78 is 0. The molecule has 4 N–H and O–H groups in total. The molecule has 1 aromatic heterocycles. The van der Waals surface area contributed by atoms with E-state index in [-0.39, 0.29) is 17.1 Å². The third kappa shape index (κ3) is 1.14. The first kappa shape index (κ1) is 7.15. The Morgan fingerprint density at radius 2 is 2.36 bits per heavy atom. The molecule has 1 heterocycles. The van der Waals surface area contributed by atoms with Crippen molar-refractivity contribution < 1.29 is 5.11 Å². The van der Waals surface area contributed by atoms with Crippen LogP contribution in [0.2, 0.25) is 0 Å². The minimum absolute atomic E-state index is 0.0197. The molecule has 0 atom stereocenters. The van der Waals surface area contributed by atoms with Crippen molar-refractivity contribution in [1.82, 2.24) is 4.98 Å². The number of nitrogen functional groups attached to an aromatic ring is 1. The Morgan fingerprint density at radius 3 is 2.82 bits per heavy atom. The Kier molecular flexibility index (Phi) is 1.52. The minimum atomic E-state index is -0.676. The molecule has 0 saturated carbocycles. The minimum Gasteiger partial charge on any atom is -0.494 e. The number of nitrogens with one attached hydrogen (secondary N) is 1. The van der Waals surface area contributed by atoms with Crippen molar-refractivity contribution in [3.8, 4) is 11.9 Å². The molecule has 5 heteroatoms. The number of aromatic amines is 1. The third-order valence-electron chi connectivity index (χ3n) is 1.16. The molecule has 11 heavy (non-hydrogen) atoms. The zero-order chi connectivity index (χ0) is 8.43. The molecular weight excluding hydrogens is 146 g/mol. The Bertz CT molecular complexity index is 374. The number of nitrogens with zero attached hydrogens (tertiary/aromatic N) is 1. The summed E-state index contributed by atoms with van der Waals surface area (Å²) in [4.78, 5) is 12.8. The molecule has 0 aliphatic heterocycles. The second-order valence-electron chi connectivity index (χ2n) is 1.93. The smallest absolute Gasteiger partial charge is 0.270 e. The number of H-pyrrole nitrogens is 1. The van der Waals surface area contributed by atoms with Crippen LogP contribution in [-0.4, -0.2) is 10.1 Å². The Balaban J connectivity index is 3.53. The maximum Gasteiger partial charge on any atom is 0.270 e. The highest BCUT2D eigenvalue weighted by Gasteiger charge is 2.04. The molecule has 0 fully saturated rings. The van der Waals surface area contributed by atoms with E-state index in [2.05, 4.69) is 0 Å². The van der Waals surface area contributed by atoms with Gasteiger partial charge in [0.2, 0.25) is 0 Å². The number of hydrogen-bond donors (Lipinski definition) is 3. The second kappa shape index (κ2) is 2.34. The number of aromatic nitrogens is 1. The fourth-order valence-corrected chi connectivity index (χ4v) is 0.681. The van der Waals surface area contributed by atoms with Gasteiger partial charge in [-0.25, -0.2) is 0 Å².